The van der Waals surface area contributed by atoms with Gasteiger partial charge in [-0.3, -0.25) is 4.79 Å². The summed E-state index contributed by atoms with van der Waals surface area (Å²) in [7, 11) is 0. The number of carbonyl (C=O) groups excluding carboxylic acids is 1. The summed E-state index contributed by atoms with van der Waals surface area (Å²) in [6, 6.07) is 0.303. The van der Waals surface area contributed by atoms with E-state index in [4.69, 9.17) is 4.52 Å². The van der Waals surface area contributed by atoms with Crippen molar-refractivity contribution in [2.45, 2.75) is 39.2 Å². The quantitative estimate of drug-likeness (QED) is 0.807. The molecule has 1 fully saturated rings. The first-order valence-electron chi connectivity index (χ1n) is 5.39. The zero-order valence-corrected chi connectivity index (χ0v) is 9.12. The van der Waals surface area contributed by atoms with Crippen LogP contribution < -0.4 is 5.32 Å². The van der Waals surface area contributed by atoms with E-state index in [-0.39, 0.29) is 5.91 Å². The molecule has 2 unspecified atom stereocenters. The molecule has 1 N–H and O–H groups in total. The highest BCUT2D eigenvalue weighted by molar-refractivity contribution is 5.92. The van der Waals surface area contributed by atoms with Crippen LogP contribution in [0.2, 0.25) is 0 Å². The van der Waals surface area contributed by atoms with Gasteiger partial charge in [0, 0.05) is 11.6 Å². The Bertz CT molecular complexity index is 359. The Kier molecular flexibility index (Phi) is 2.75. The summed E-state index contributed by atoms with van der Waals surface area (Å²) >= 11 is 0. The third-order valence-electron chi connectivity index (χ3n) is 2.98. The maximum Gasteiger partial charge on any atom is 0.290 e. The molecule has 0 bridgehead atoms. The van der Waals surface area contributed by atoms with Crippen LogP contribution in [0.3, 0.4) is 0 Å². The fourth-order valence-corrected chi connectivity index (χ4v) is 2.10. The molecule has 4 nitrogen and oxygen atoms in total. The van der Waals surface area contributed by atoms with Crippen molar-refractivity contribution < 1.29 is 9.32 Å². The number of amides is 1. The molecule has 1 heterocycles. The second-order valence-corrected chi connectivity index (χ2v) is 4.43. The molecule has 0 aromatic carbocycles. The molecule has 2 atom stereocenters. The predicted octanol–water partition coefficient (Wildman–Crippen LogP) is 1.90. The molecule has 4 heteroatoms. The highest BCUT2D eigenvalue weighted by Gasteiger charge is 2.24. The standard InChI is InChI=1S/C11H16N2O2/c1-7-3-4-9(5-7)13-11(14)10-8(2)6-12-15-10/h6-7,9H,3-5H2,1-2H3,(H,13,14). The molecule has 0 spiro atoms. The van der Waals surface area contributed by atoms with Crippen LogP contribution in [-0.2, 0) is 0 Å². The highest BCUT2D eigenvalue weighted by atomic mass is 16.5. The Balaban J connectivity index is 1.96. The van der Waals surface area contributed by atoms with E-state index in [2.05, 4.69) is 17.4 Å². The van der Waals surface area contributed by atoms with Gasteiger partial charge in [0.15, 0.2) is 0 Å². The summed E-state index contributed by atoms with van der Waals surface area (Å²) < 4.78 is 4.90. The Hall–Kier alpha value is -1.32. The summed E-state index contributed by atoms with van der Waals surface area (Å²) in [6.07, 6.45) is 4.89. The van der Waals surface area contributed by atoms with Crippen molar-refractivity contribution in [1.82, 2.24) is 10.5 Å². The third kappa shape index (κ3) is 2.19. The highest BCUT2D eigenvalue weighted by Crippen LogP contribution is 2.24. The lowest BCUT2D eigenvalue weighted by atomic mass is 10.1. The topological polar surface area (TPSA) is 55.1 Å². The molecule has 1 aliphatic carbocycles. The largest absolute Gasteiger partial charge is 0.351 e. The van der Waals surface area contributed by atoms with Crippen LogP contribution in [-0.4, -0.2) is 17.1 Å². The zero-order chi connectivity index (χ0) is 10.8. The molecule has 1 aromatic rings. The summed E-state index contributed by atoms with van der Waals surface area (Å²) in [5.41, 5.74) is 0.790. The summed E-state index contributed by atoms with van der Waals surface area (Å²) in [5, 5.41) is 6.58. The molecular weight excluding hydrogens is 192 g/mol. The van der Waals surface area contributed by atoms with Crippen molar-refractivity contribution in [3.05, 3.63) is 17.5 Å². The lowest BCUT2D eigenvalue weighted by molar-refractivity contribution is 0.0899. The maximum atomic E-state index is 11.7. The van der Waals surface area contributed by atoms with E-state index in [0.29, 0.717) is 17.7 Å². The van der Waals surface area contributed by atoms with Crippen molar-refractivity contribution in [3.8, 4) is 0 Å². The van der Waals surface area contributed by atoms with Gasteiger partial charge in [0.1, 0.15) is 0 Å². The van der Waals surface area contributed by atoms with Crippen LogP contribution in [0.1, 0.15) is 42.3 Å². The van der Waals surface area contributed by atoms with Crippen molar-refractivity contribution in [2.24, 2.45) is 5.92 Å². The normalized spacial score (nSPS) is 25.5. The molecule has 1 amide bonds. The van der Waals surface area contributed by atoms with Crippen LogP contribution in [0.15, 0.2) is 10.7 Å². The molecular formula is C11H16N2O2. The zero-order valence-electron chi connectivity index (χ0n) is 9.12. The van der Waals surface area contributed by atoms with Gasteiger partial charge in [0.2, 0.25) is 5.76 Å². The first kappa shape index (κ1) is 10.2. The number of nitrogens with zero attached hydrogens (tertiary/aromatic N) is 1. The Morgan fingerprint density at radius 2 is 2.40 bits per heavy atom. The van der Waals surface area contributed by atoms with Gasteiger partial charge in [0.05, 0.1) is 6.20 Å². The van der Waals surface area contributed by atoms with Crippen molar-refractivity contribution in [3.63, 3.8) is 0 Å². The van der Waals surface area contributed by atoms with Crippen molar-refractivity contribution in [1.29, 1.82) is 0 Å². The fourth-order valence-electron chi connectivity index (χ4n) is 2.10. The summed E-state index contributed by atoms with van der Waals surface area (Å²) in [6.45, 7) is 4.04. The molecule has 15 heavy (non-hydrogen) atoms. The van der Waals surface area contributed by atoms with Gasteiger partial charge in [-0.25, -0.2) is 0 Å². The van der Waals surface area contributed by atoms with E-state index in [9.17, 15) is 4.79 Å². The smallest absolute Gasteiger partial charge is 0.290 e. The Morgan fingerprint density at radius 1 is 1.60 bits per heavy atom. The van der Waals surface area contributed by atoms with E-state index in [1.54, 1.807) is 6.20 Å². The summed E-state index contributed by atoms with van der Waals surface area (Å²) in [4.78, 5) is 11.7. The molecule has 0 radical (unpaired) electrons. The van der Waals surface area contributed by atoms with Crippen LogP contribution in [0.4, 0.5) is 0 Å². The second kappa shape index (κ2) is 4.04. The number of nitrogens with one attached hydrogen (secondary N) is 1. The van der Waals surface area contributed by atoms with Gasteiger partial charge < -0.3 is 9.84 Å². The average Bonchev–Trinajstić information content (AvgIpc) is 2.75. The first-order valence-corrected chi connectivity index (χ1v) is 5.39. The van der Waals surface area contributed by atoms with Gasteiger partial charge in [-0.15, -0.1) is 0 Å². The summed E-state index contributed by atoms with van der Waals surface area (Å²) in [5.74, 6) is 0.921. The number of hydrogen-bond acceptors (Lipinski definition) is 3. The van der Waals surface area contributed by atoms with Crippen LogP contribution >= 0.6 is 0 Å². The van der Waals surface area contributed by atoms with Crippen LogP contribution in [0, 0.1) is 12.8 Å². The van der Waals surface area contributed by atoms with E-state index in [1.165, 1.54) is 6.42 Å². The number of hydrogen-bond donors (Lipinski definition) is 1. The molecule has 2 rings (SSSR count). The van der Waals surface area contributed by atoms with Crippen LogP contribution in [0.5, 0.6) is 0 Å². The van der Waals surface area contributed by atoms with Gasteiger partial charge in [-0.05, 0) is 32.1 Å². The molecule has 1 aromatic heterocycles. The third-order valence-corrected chi connectivity index (χ3v) is 2.98. The van der Waals surface area contributed by atoms with Gasteiger partial charge >= 0.3 is 0 Å². The minimum atomic E-state index is -0.135. The van der Waals surface area contributed by atoms with Gasteiger partial charge in [-0.1, -0.05) is 12.1 Å². The molecule has 0 saturated heterocycles. The number of aromatic nitrogens is 1. The number of rotatable bonds is 2. The SMILES string of the molecule is Cc1cnoc1C(=O)NC1CCC(C)C1. The fraction of sp³-hybridized carbons (Fsp3) is 0.636. The Morgan fingerprint density at radius 3 is 2.93 bits per heavy atom. The maximum absolute atomic E-state index is 11.7. The minimum Gasteiger partial charge on any atom is -0.351 e. The van der Waals surface area contributed by atoms with E-state index in [1.807, 2.05) is 6.92 Å². The van der Waals surface area contributed by atoms with E-state index < -0.39 is 0 Å². The molecule has 0 aliphatic heterocycles. The average molecular weight is 208 g/mol. The molecule has 1 aliphatic rings. The van der Waals surface area contributed by atoms with Gasteiger partial charge in [-0.2, -0.15) is 0 Å². The Labute approximate surface area is 89.0 Å². The lowest BCUT2D eigenvalue weighted by Gasteiger charge is -2.10. The lowest BCUT2D eigenvalue weighted by Crippen LogP contribution is -2.33. The van der Waals surface area contributed by atoms with Gasteiger partial charge in [0.25, 0.3) is 5.91 Å². The van der Waals surface area contributed by atoms with Crippen molar-refractivity contribution in [2.75, 3.05) is 0 Å². The molecule has 1 saturated carbocycles. The van der Waals surface area contributed by atoms with E-state index >= 15 is 0 Å². The predicted molar refractivity (Wildman–Crippen MR) is 55.5 cm³/mol. The first-order chi connectivity index (χ1) is 7.16. The number of aryl methyl sites for hydroxylation is 1. The monoisotopic (exact) mass is 208 g/mol. The minimum absolute atomic E-state index is 0.135. The second-order valence-electron chi connectivity index (χ2n) is 4.43. The van der Waals surface area contributed by atoms with Crippen LogP contribution in [0.25, 0.3) is 0 Å². The van der Waals surface area contributed by atoms with Crippen molar-refractivity contribution >= 4 is 5.91 Å². The van der Waals surface area contributed by atoms with E-state index in [0.717, 1.165) is 18.4 Å². The molecule has 82 valence electrons. The number of carbonyl (C=O) groups is 1.